The number of halogens is 2. The van der Waals surface area contributed by atoms with E-state index in [0.29, 0.717) is 5.75 Å². The van der Waals surface area contributed by atoms with Crippen LogP contribution in [-0.4, -0.2) is 32.0 Å². The Labute approximate surface area is 152 Å². The van der Waals surface area contributed by atoms with Crippen LogP contribution in [0.2, 0.25) is 0 Å². The van der Waals surface area contributed by atoms with Gasteiger partial charge in [0.15, 0.2) is 21.5 Å². The van der Waals surface area contributed by atoms with Crippen molar-refractivity contribution in [2.75, 3.05) is 12.4 Å². The van der Waals surface area contributed by atoms with Gasteiger partial charge in [0.2, 0.25) is 0 Å². The summed E-state index contributed by atoms with van der Waals surface area (Å²) in [6.45, 7) is 4.94. The zero-order valence-electron chi connectivity index (χ0n) is 14.9. The van der Waals surface area contributed by atoms with Crippen LogP contribution < -0.4 is 4.74 Å². The number of aliphatic hydroxyl groups excluding tert-OH is 1. The molecule has 0 saturated carbocycles. The second-order valence-electron chi connectivity index (χ2n) is 6.38. The second-order valence-corrected chi connectivity index (χ2v) is 8.75. The van der Waals surface area contributed by atoms with Gasteiger partial charge in [-0.15, -0.1) is 0 Å². The van der Waals surface area contributed by atoms with Gasteiger partial charge in [-0.1, -0.05) is 18.2 Å². The first kappa shape index (κ1) is 20.3. The van der Waals surface area contributed by atoms with E-state index in [9.17, 15) is 22.3 Å². The number of aryl methyl sites for hydroxylation is 2. The number of sulfone groups is 1. The summed E-state index contributed by atoms with van der Waals surface area (Å²) in [6, 6.07) is 8.57. The van der Waals surface area contributed by atoms with Gasteiger partial charge in [0.05, 0.1) is 11.0 Å². The molecule has 0 heterocycles. The lowest BCUT2D eigenvalue weighted by Crippen LogP contribution is -2.29. The van der Waals surface area contributed by atoms with E-state index in [1.54, 1.807) is 6.07 Å². The summed E-state index contributed by atoms with van der Waals surface area (Å²) in [5, 5.41) is 8.99. The molecular formula is C19H22F2O4S. The van der Waals surface area contributed by atoms with Crippen molar-refractivity contribution in [3.63, 3.8) is 0 Å². The van der Waals surface area contributed by atoms with Gasteiger partial charge in [-0.25, -0.2) is 17.2 Å². The fourth-order valence-corrected chi connectivity index (χ4v) is 3.96. The van der Waals surface area contributed by atoms with Crippen LogP contribution in [0.1, 0.15) is 28.9 Å². The summed E-state index contributed by atoms with van der Waals surface area (Å²) < 4.78 is 56.7. The summed E-state index contributed by atoms with van der Waals surface area (Å²) in [5.41, 5.74) is 1.99. The number of benzene rings is 2. The van der Waals surface area contributed by atoms with Gasteiger partial charge in [0.25, 0.3) is 0 Å². The Bertz CT molecular complexity index is 881. The molecule has 1 N–H and O–H groups in total. The summed E-state index contributed by atoms with van der Waals surface area (Å²) >= 11 is 0. The van der Waals surface area contributed by atoms with Gasteiger partial charge in [0.1, 0.15) is 18.5 Å². The van der Waals surface area contributed by atoms with Crippen LogP contribution in [0.25, 0.3) is 0 Å². The Kier molecular flexibility index (Phi) is 6.36. The molecule has 0 spiro atoms. The molecule has 0 aliphatic carbocycles. The van der Waals surface area contributed by atoms with E-state index in [1.165, 1.54) is 13.0 Å². The highest BCUT2D eigenvalue weighted by Crippen LogP contribution is 2.25. The van der Waals surface area contributed by atoms with Crippen molar-refractivity contribution < 1.29 is 27.0 Å². The molecule has 0 aliphatic rings. The van der Waals surface area contributed by atoms with E-state index in [2.05, 4.69) is 0 Å². The van der Waals surface area contributed by atoms with E-state index in [-0.39, 0.29) is 12.2 Å². The lowest BCUT2D eigenvalue weighted by Gasteiger charge is -2.18. The molecule has 0 aliphatic heterocycles. The summed E-state index contributed by atoms with van der Waals surface area (Å²) in [4.78, 5) is 0. The third kappa shape index (κ3) is 5.02. The van der Waals surface area contributed by atoms with E-state index in [4.69, 9.17) is 4.74 Å². The van der Waals surface area contributed by atoms with Crippen molar-refractivity contribution >= 4 is 9.84 Å². The average molecular weight is 384 g/mol. The molecule has 2 atom stereocenters. The zero-order valence-corrected chi connectivity index (χ0v) is 15.7. The smallest absolute Gasteiger partial charge is 0.159 e. The minimum atomic E-state index is -3.78. The Morgan fingerprint density at radius 2 is 1.77 bits per heavy atom. The quantitative estimate of drug-likeness (QED) is 0.794. The predicted molar refractivity (Wildman–Crippen MR) is 96.0 cm³/mol. The normalized spacial score (nSPS) is 14.1. The number of hydrogen-bond acceptors (Lipinski definition) is 4. The highest BCUT2D eigenvalue weighted by molar-refractivity contribution is 7.91. The minimum Gasteiger partial charge on any atom is -0.491 e. The SMILES string of the molecule is Cc1ccc(C)c(OC[C@@H](O)CS(=O)(=O)[C@@H](C)c2ccc(F)c(F)c2)c1. The third-order valence-electron chi connectivity index (χ3n) is 4.15. The van der Waals surface area contributed by atoms with E-state index in [0.717, 1.165) is 23.3 Å². The first-order chi connectivity index (χ1) is 12.1. The van der Waals surface area contributed by atoms with Crippen LogP contribution >= 0.6 is 0 Å². The molecule has 142 valence electrons. The van der Waals surface area contributed by atoms with Gasteiger partial charge in [-0.3, -0.25) is 0 Å². The Morgan fingerprint density at radius 1 is 1.08 bits per heavy atom. The maximum atomic E-state index is 13.3. The van der Waals surface area contributed by atoms with Crippen LogP contribution in [0.5, 0.6) is 5.75 Å². The standard InChI is InChI=1S/C19H22F2O4S/c1-12-4-5-13(2)19(8-12)25-10-16(22)11-26(23,24)14(3)15-6-7-17(20)18(21)9-15/h4-9,14,16,22H,10-11H2,1-3H3/t14-,16+/m0/s1. The Balaban J connectivity index is 2.03. The van der Waals surface area contributed by atoms with E-state index >= 15 is 0 Å². The van der Waals surface area contributed by atoms with Gasteiger partial charge < -0.3 is 9.84 Å². The maximum absolute atomic E-state index is 13.3. The van der Waals surface area contributed by atoms with Crippen molar-refractivity contribution in [3.05, 3.63) is 64.7 Å². The molecule has 2 aromatic carbocycles. The highest BCUT2D eigenvalue weighted by atomic mass is 32.2. The van der Waals surface area contributed by atoms with Crippen LogP contribution in [0.3, 0.4) is 0 Å². The molecule has 7 heteroatoms. The molecule has 2 rings (SSSR count). The summed E-state index contributed by atoms with van der Waals surface area (Å²) in [7, 11) is -3.78. The van der Waals surface area contributed by atoms with Crippen LogP contribution in [0, 0.1) is 25.5 Å². The fourth-order valence-electron chi connectivity index (χ4n) is 2.48. The Hall–Kier alpha value is -1.99. The topological polar surface area (TPSA) is 63.6 Å². The molecule has 26 heavy (non-hydrogen) atoms. The molecule has 0 bridgehead atoms. The maximum Gasteiger partial charge on any atom is 0.159 e. The predicted octanol–water partition coefficient (Wildman–Crippen LogP) is 3.50. The van der Waals surface area contributed by atoms with Gasteiger partial charge in [-0.05, 0) is 55.7 Å². The first-order valence-electron chi connectivity index (χ1n) is 8.15. The molecule has 4 nitrogen and oxygen atoms in total. The molecule has 0 amide bonds. The van der Waals surface area contributed by atoms with Crippen molar-refractivity contribution in [2.45, 2.75) is 32.1 Å². The number of hydrogen-bond donors (Lipinski definition) is 1. The monoisotopic (exact) mass is 384 g/mol. The second kappa shape index (κ2) is 8.14. The van der Waals surface area contributed by atoms with Gasteiger partial charge >= 0.3 is 0 Å². The van der Waals surface area contributed by atoms with Crippen LogP contribution in [0.4, 0.5) is 8.78 Å². The number of aliphatic hydroxyl groups is 1. The lowest BCUT2D eigenvalue weighted by atomic mass is 10.1. The van der Waals surface area contributed by atoms with E-state index < -0.39 is 38.6 Å². The summed E-state index contributed by atoms with van der Waals surface area (Å²) in [5.74, 6) is -2.11. The zero-order chi connectivity index (χ0) is 19.5. The Morgan fingerprint density at radius 3 is 2.42 bits per heavy atom. The van der Waals surface area contributed by atoms with Crippen molar-refractivity contribution in [2.24, 2.45) is 0 Å². The summed E-state index contributed by atoms with van der Waals surface area (Å²) in [6.07, 6.45) is -1.24. The van der Waals surface area contributed by atoms with Gasteiger partial charge in [0, 0.05) is 0 Å². The fraction of sp³-hybridized carbons (Fsp3) is 0.368. The minimum absolute atomic E-state index is 0.131. The van der Waals surface area contributed by atoms with Gasteiger partial charge in [-0.2, -0.15) is 0 Å². The molecule has 0 radical (unpaired) electrons. The molecule has 0 aromatic heterocycles. The van der Waals surface area contributed by atoms with Crippen molar-refractivity contribution in [1.29, 1.82) is 0 Å². The molecule has 0 fully saturated rings. The lowest BCUT2D eigenvalue weighted by molar-refractivity contribution is 0.124. The van der Waals surface area contributed by atoms with Crippen molar-refractivity contribution in [3.8, 4) is 5.75 Å². The molecule has 0 saturated heterocycles. The van der Waals surface area contributed by atoms with Crippen molar-refractivity contribution in [1.82, 2.24) is 0 Å². The largest absolute Gasteiger partial charge is 0.491 e. The number of ether oxygens (including phenoxy) is 1. The molecule has 0 unspecified atom stereocenters. The first-order valence-corrected chi connectivity index (χ1v) is 9.86. The number of rotatable bonds is 7. The van der Waals surface area contributed by atoms with Crippen LogP contribution in [-0.2, 0) is 9.84 Å². The average Bonchev–Trinajstić information content (AvgIpc) is 2.57. The highest BCUT2D eigenvalue weighted by Gasteiger charge is 2.27. The molecule has 2 aromatic rings. The molecular weight excluding hydrogens is 362 g/mol. The van der Waals surface area contributed by atoms with E-state index in [1.807, 2.05) is 26.0 Å². The third-order valence-corrected chi connectivity index (χ3v) is 6.35. The van der Waals surface area contributed by atoms with Crippen LogP contribution in [0.15, 0.2) is 36.4 Å².